The van der Waals surface area contributed by atoms with E-state index >= 15 is 0 Å². The molecule has 0 unspecified atom stereocenters. The quantitative estimate of drug-likeness (QED) is 0.175. The fourth-order valence-corrected chi connectivity index (χ4v) is 8.40. The van der Waals surface area contributed by atoms with Gasteiger partial charge in [-0.15, -0.1) is 0 Å². The van der Waals surface area contributed by atoms with Crippen LogP contribution in [0.1, 0.15) is 25.0 Å². The Kier molecular flexibility index (Phi) is 6.25. The average molecular weight is 639 g/mol. The van der Waals surface area contributed by atoms with Gasteiger partial charge in [0.1, 0.15) is 5.82 Å². The van der Waals surface area contributed by atoms with Crippen molar-refractivity contribution < 1.29 is 0 Å². The minimum Gasteiger partial charge on any atom is -0.292 e. The molecule has 0 fully saturated rings. The van der Waals surface area contributed by atoms with Crippen LogP contribution in [-0.4, -0.2) is 9.55 Å². The van der Waals surface area contributed by atoms with Crippen LogP contribution in [0.5, 0.6) is 0 Å². The Balaban J connectivity index is 1.16. The van der Waals surface area contributed by atoms with Gasteiger partial charge >= 0.3 is 0 Å². The molecular formula is C48H34N2. The summed E-state index contributed by atoms with van der Waals surface area (Å²) in [6.45, 7) is 4.65. The highest BCUT2D eigenvalue weighted by molar-refractivity contribution is 6.22. The minimum atomic E-state index is -0.104. The second-order valence-electron chi connectivity index (χ2n) is 14.0. The van der Waals surface area contributed by atoms with Crippen LogP contribution in [0.2, 0.25) is 0 Å². The van der Waals surface area contributed by atoms with Crippen LogP contribution in [0, 0.1) is 0 Å². The van der Waals surface area contributed by atoms with Crippen molar-refractivity contribution in [3.05, 3.63) is 181 Å². The lowest BCUT2D eigenvalue weighted by molar-refractivity contribution is 0.629. The van der Waals surface area contributed by atoms with Crippen LogP contribution < -0.4 is 0 Å². The summed E-state index contributed by atoms with van der Waals surface area (Å²) >= 11 is 0. The van der Waals surface area contributed by atoms with Crippen LogP contribution in [-0.2, 0) is 5.41 Å². The molecule has 0 aliphatic carbocycles. The molecule has 50 heavy (non-hydrogen) atoms. The molecule has 0 N–H and O–H groups in total. The summed E-state index contributed by atoms with van der Waals surface area (Å²) < 4.78 is 2.37. The summed E-state index contributed by atoms with van der Waals surface area (Å²) in [5, 5.41) is 5.05. The molecule has 1 aliphatic rings. The molecule has 2 heteroatoms. The van der Waals surface area contributed by atoms with Crippen LogP contribution >= 0.6 is 0 Å². The molecule has 0 spiro atoms. The summed E-state index contributed by atoms with van der Waals surface area (Å²) in [4.78, 5) is 5.24. The summed E-state index contributed by atoms with van der Waals surface area (Å²) in [6, 6.07) is 61.8. The topological polar surface area (TPSA) is 17.8 Å². The smallest absolute Gasteiger partial charge is 0.145 e. The highest BCUT2D eigenvalue weighted by Crippen LogP contribution is 2.47. The van der Waals surface area contributed by atoms with E-state index in [4.69, 9.17) is 4.98 Å². The number of fused-ring (bicyclic) bond motifs is 4. The molecule has 8 aromatic carbocycles. The Morgan fingerprint density at radius 3 is 1.66 bits per heavy atom. The molecule has 0 saturated carbocycles. The van der Waals surface area contributed by atoms with Gasteiger partial charge in [-0.25, -0.2) is 4.98 Å². The van der Waals surface area contributed by atoms with Crippen LogP contribution in [0.4, 0.5) is 0 Å². The fourth-order valence-electron chi connectivity index (χ4n) is 8.40. The largest absolute Gasteiger partial charge is 0.292 e. The number of rotatable bonds is 4. The molecule has 0 radical (unpaired) electrons. The van der Waals surface area contributed by atoms with E-state index in [1.807, 2.05) is 0 Å². The Morgan fingerprint density at radius 1 is 0.420 bits per heavy atom. The van der Waals surface area contributed by atoms with Crippen LogP contribution in [0.3, 0.4) is 0 Å². The number of imidazole rings is 1. The van der Waals surface area contributed by atoms with Gasteiger partial charge in [0.2, 0.25) is 0 Å². The zero-order chi connectivity index (χ0) is 33.4. The van der Waals surface area contributed by atoms with E-state index in [9.17, 15) is 0 Å². The van der Waals surface area contributed by atoms with Crippen molar-refractivity contribution in [2.45, 2.75) is 19.3 Å². The van der Waals surface area contributed by atoms with Crippen molar-refractivity contribution in [2.75, 3.05) is 0 Å². The lowest BCUT2D eigenvalue weighted by atomic mass is 9.75. The Morgan fingerprint density at radius 2 is 0.960 bits per heavy atom. The molecule has 0 saturated heterocycles. The molecule has 0 amide bonds. The zero-order valence-corrected chi connectivity index (χ0v) is 28.1. The Labute approximate surface area is 291 Å². The highest BCUT2D eigenvalue weighted by Gasteiger charge is 2.35. The van der Waals surface area contributed by atoms with E-state index in [1.54, 1.807) is 0 Å². The molecule has 1 aliphatic heterocycles. The zero-order valence-electron chi connectivity index (χ0n) is 28.1. The minimum absolute atomic E-state index is 0.104. The van der Waals surface area contributed by atoms with Crippen molar-refractivity contribution in [3.8, 4) is 50.5 Å². The van der Waals surface area contributed by atoms with Crippen molar-refractivity contribution >= 4 is 32.6 Å². The number of para-hydroxylation sites is 2. The average Bonchev–Trinajstić information content (AvgIpc) is 3.57. The third-order valence-electron chi connectivity index (χ3n) is 10.8. The molecule has 0 atom stereocenters. The summed E-state index contributed by atoms with van der Waals surface area (Å²) in [5.41, 5.74) is 14.5. The number of benzene rings is 8. The molecule has 10 rings (SSSR count). The van der Waals surface area contributed by atoms with E-state index in [0.29, 0.717) is 0 Å². The number of hydrogen-bond acceptors (Lipinski definition) is 1. The first-order valence-corrected chi connectivity index (χ1v) is 17.4. The van der Waals surface area contributed by atoms with Gasteiger partial charge in [-0.2, -0.15) is 0 Å². The van der Waals surface area contributed by atoms with Crippen molar-refractivity contribution in [1.82, 2.24) is 9.55 Å². The number of nitrogens with zero attached hydrogens (tertiary/aromatic N) is 2. The van der Waals surface area contributed by atoms with Crippen LogP contribution in [0.15, 0.2) is 170 Å². The third kappa shape index (κ3) is 4.18. The lowest BCUT2D eigenvalue weighted by Crippen LogP contribution is -2.26. The van der Waals surface area contributed by atoms with Gasteiger partial charge in [0.25, 0.3) is 0 Å². The van der Waals surface area contributed by atoms with E-state index in [2.05, 4.69) is 188 Å². The Hall–Kier alpha value is -6.25. The SMILES string of the molecule is CC1(C)c2ccccc2-n2c(-c3ccc(-c4ccc5c(-c6ccccc6)c6ccccc6c(-c6ccccc6)c5c4)cc3)nc3cccc1c32. The first-order valence-electron chi connectivity index (χ1n) is 17.4. The predicted molar refractivity (Wildman–Crippen MR) is 210 cm³/mol. The van der Waals surface area contributed by atoms with E-state index < -0.39 is 0 Å². The van der Waals surface area contributed by atoms with Gasteiger partial charge in [0.05, 0.1) is 16.7 Å². The lowest BCUT2D eigenvalue weighted by Gasteiger charge is -2.34. The van der Waals surface area contributed by atoms with Gasteiger partial charge in [-0.3, -0.25) is 4.57 Å². The van der Waals surface area contributed by atoms with Gasteiger partial charge < -0.3 is 0 Å². The maximum atomic E-state index is 5.24. The monoisotopic (exact) mass is 638 g/mol. The Bertz CT molecular complexity index is 2750. The normalized spacial score (nSPS) is 13.2. The first kappa shape index (κ1) is 28.7. The fraction of sp³-hybridized carbons (Fsp3) is 0.0625. The molecule has 2 heterocycles. The standard InChI is InChI=1S/C48H34N2/c1-48(2)40-20-11-12-23-43(40)50-46-41(48)21-13-22-42(46)49-47(50)34-26-24-31(25-27-34)35-28-29-38-39(30-35)45(33-16-7-4-8-17-33)37-19-10-9-18-36(37)44(38)32-14-5-3-6-15-32/h3-30H,1-2H3. The van der Waals surface area contributed by atoms with E-state index in [0.717, 1.165) is 16.9 Å². The van der Waals surface area contributed by atoms with E-state index in [1.165, 1.54) is 77.3 Å². The predicted octanol–water partition coefficient (Wildman–Crippen LogP) is 12.6. The molecule has 2 nitrogen and oxygen atoms in total. The first-order chi connectivity index (χ1) is 24.6. The van der Waals surface area contributed by atoms with Gasteiger partial charge in [-0.1, -0.05) is 166 Å². The number of hydrogen-bond donors (Lipinski definition) is 0. The third-order valence-corrected chi connectivity index (χ3v) is 10.8. The number of aromatic nitrogens is 2. The maximum absolute atomic E-state index is 5.24. The summed E-state index contributed by atoms with van der Waals surface area (Å²) in [6.07, 6.45) is 0. The molecule has 1 aromatic heterocycles. The summed E-state index contributed by atoms with van der Waals surface area (Å²) in [5.74, 6) is 0.978. The maximum Gasteiger partial charge on any atom is 0.145 e. The van der Waals surface area contributed by atoms with Crippen molar-refractivity contribution in [3.63, 3.8) is 0 Å². The highest BCUT2D eigenvalue weighted by atomic mass is 15.1. The van der Waals surface area contributed by atoms with Crippen molar-refractivity contribution in [1.29, 1.82) is 0 Å². The molecule has 236 valence electrons. The second-order valence-corrected chi connectivity index (χ2v) is 14.0. The van der Waals surface area contributed by atoms with Crippen LogP contribution in [0.25, 0.3) is 83.0 Å². The summed E-state index contributed by atoms with van der Waals surface area (Å²) in [7, 11) is 0. The molecule has 0 bridgehead atoms. The van der Waals surface area contributed by atoms with Gasteiger partial charge in [0, 0.05) is 11.0 Å². The van der Waals surface area contributed by atoms with Gasteiger partial charge in [0.15, 0.2) is 0 Å². The molecule has 9 aromatic rings. The second kappa shape index (κ2) is 10.9. The van der Waals surface area contributed by atoms with Gasteiger partial charge in [-0.05, 0) is 84.3 Å². The van der Waals surface area contributed by atoms with E-state index in [-0.39, 0.29) is 5.41 Å². The van der Waals surface area contributed by atoms with Crippen molar-refractivity contribution in [2.24, 2.45) is 0 Å². The molecular weight excluding hydrogens is 605 g/mol.